The minimum absolute atomic E-state index is 0.858. The normalized spacial score (nSPS) is 12.1. The molecular formula is C84H50O2. The van der Waals surface area contributed by atoms with Gasteiger partial charge in [-0.25, -0.2) is 0 Å². The Balaban J connectivity index is 0.767. The standard InChI is InChI=1S/C84H50O2/c1-2-17-52(18-3-1)79-69-29-8-10-31-71(69)84(72-32-11-9-30-70(72)79)73-46-42-57(48-74(73)59-43-45-62-64-34-14-20-54-22-16-36-76(83(54)64)86-78(62)50-59)51-37-39-55(40-38-51)80-65-25-4-6-27-67(65)81(68-28-7-5-26-66(68)80)60-24-12-23-56(47-60)58-41-44-61-63-33-13-19-53-21-15-35-75(82(53)63)85-77(61)49-58/h1-50H. The average molecular weight is 1090 g/mol. The van der Waals surface area contributed by atoms with Crippen LogP contribution in [0.5, 0.6) is 23.0 Å². The molecule has 18 rings (SSSR count). The van der Waals surface area contributed by atoms with Crippen molar-refractivity contribution in [1.29, 1.82) is 0 Å². The molecule has 0 unspecified atom stereocenters. The third kappa shape index (κ3) is 7.46. The molecule has 0 amide bonds. The average Bonchev–Trinajstić information content (AvgIpc) is 1.26. The van der Waals surface area contributed by atoms with Gasteiger partial charge in [0.2, 0.25) is 0 Å². The van der Waals surface area contributed by atoms with Gasteiger partial charge in [0.25, 0.3) is 0 Å². The van der Waals surface area contributed by atoms with Gasteiger partial charge < -0.3 is 9.47 Å². The molecular weight excluding hydrogens is 1040 g/mol. The molecule has 2 aliphatic rings. The second-order valence-electron chi connectivity index (χ2n) is 22.9. The first-order valence-electron chi connectivity index (χ1n) is 29.6. The quantitative estimate of drug-likeness (QED) is 0.148. The fraction of sp³-hybridized carbons (Fsp3) is 0. The van der Waals surface area contributed by atoms with E-state index in [4.69, 9.17) is 9.47 Å². The van der Waals surface area contributed by atoms with Crippen LogP contribution in [0.15, 0.2) is 303 Å². The number of rotatable bonds is 7. The summed E-state index contributed by atoms with van der Waals surface area (Å²) in [7, 11) is 0. The highest BCUT2D eigenvalue weighted by Gasteiger charge is 2.26. The summed E-state index contributed by atoms with van der Waals surface area (Å²) < 4.78 is 13.5. The fourth-order valence-corrected chi connectivity index (χ4v) is 14.4. The van der Waals surface area contributed by atoms with Crippen LogP contribution in [-0.2, 0) is 0 Å². The number of benzene rings is 16. The van der Waals surface area contributed by atoms with E-state index < -0.39 is 0 Å². The van der Waals surface area contributed by atoms with Crippen molar-refractivity contribution in [3.63, 3.8) is 0 Å². The van der Waals surface area contributed by atoms with Crippen molar-refractivity contribution in [2.45, 2.75) is 0 Å². The lowest BCUT2D eigenvalue weighted by molar-refractivity contribution is 0.487. The summed E-state index contributed by atoms with van der Waals surface area (Å²) in [6.07, 6.45) is 0. The minimum Gasteiger partial charge on any atom is -0.456 e. The molecule has 0 radical (unpaired) electrons. The topological polar surface area (TPSA) is 18.5 Å². The molecule has 0 fully saturated rings. The molecule has 2 heteroatoms. The first kappa shape index (κ1) is 48.2. The Labute approximate surface area is 497 Å². The van der Waals surface area contributed by atoms with Gasteiger partial charge in [0.1, 0.15) is 23.0 Å². The Hall–Kier alpha value is -11.3. The number of ether oxygens (including phenoxy) is 2. The molecule has 86 heavy (non-hydrogen) atoms. The molecule has 0 aliphatic carbocycles. The summed E-state index contributed by atoms with van der Waals surface area (Å²) in [5.74, 6) is 3.53. The van der Waals surface area contributed by atoms with E-state index in [2.05, 4.69) is 303 Å². The van der Waals surface area contributed by atoms with E-state index in [1.54, 1.807) is 0 Å². The fourth-order valence-electron chi connectivity index (χ4n) is 14.4. The van der Waals surface area contributed by atoms with E-state index in [-0.39, 0.29) is 0 Å². The second-order valence-corrected chi connectivity index (χ2v) is 22.9. The highest BCUT2D eigenvalue weighted by atomic mass is 16.5. The summed E-state index contributed by atoms with van der Waals surface area (Å²) in [6.45, 7) is 0. The Morgan fingerprint density at radius 3 is 1.03 bits per heavy atom. The van der Waals surface area contributed by atoms with Crippen molar-refractivity contribution < 1.29 is 9.47 Å². The van der Waals surface area contributed by atoms with Crippen LogP contribution in [0.2, 0.25) is 0 Å². The SMILES string of the molecule is c1ccc(-c2c3ccccc3c(-c3ccc(-c4ccc(-c5c6ccccc6c(-c6cccc(-c7ccc8c(c7)Oc7cccc9cccc-8c79)c6)c6ccccc56)cc4)cc3-c3ccc4c(c3)Oc3cccc5cccc-4c35)c3ccccc23)cc1. The number of hydrogen-bond acceptors (Lipinski definition) is 2. The van der Waals surface area contributed by atoms with Gasteiger partial charge in [-0.15, -0.1) is 0 Å². The van der Waals surface area contributed by atoms with Crippen molar-refractivity contribution >= 4 is 64.6 Å². The van der Waals surface area contributed by atoms with Gasteiger partial charge in [-0.05, 0) is 191 Å². The Kier molecular flexibility index (Phi) is 10.7. The van der Waals surface area contributed by atoms with Gasteiger partial charge in [-0.2, -0.15) is 0 Å². The van der Waals surface area contributed by atoms with Gasteiger partial charge in [0.15, 0.2) is 0 Å². The Morgan fingerprint density at radius 1 is 0.163 bits per heavy atom. The maximum Gasteiger partial charge on any atom is 0.135 e. The van der Waals surface area contributed by atoms with Crippen molar-refractivity contribution in [3.05, 3.63) is 303 Å². The van der Waals surface area contributed by atoms with Crippen LogP contribution in [0.25, 0.3) is 165 Å². The van der Waals surface area contributed by atoms with E-state index in [0.29, 0.717) is 0 Å². The molecule has 16 aromatic carbocycles. The molecule has 0 saturated carbocycles. The zero-order valence-electron chi connectivity index (χ0n) is 46.7. The molecule has 2 aliphatic heterocycles. The maximum absolute atomic E-state index is 6.88. The lowest BCUT2D eigenvalue weighted by atomic mass is 9.82. The van der Waals surface area contributed by atoms with Gasteiger partial charge in [-0.3, -0.25) is 0 Å². The Morgan fingerprint density at radius 2 is 0.512 bits per heavy atom. The molecule has 0 atom stereocenters. The van der Waals surface area contributed by atoms with Gasteiger partial charge >= 0.3 is 0 Å². The predicted molar refractivity (Wildman–Crippen MR) is 361 cm³/mol. The smallest absolute Gasteiger partial charge is 0.135 e. The van der Waals surface area contributed by atoms with Crippen LogP contribution in [0, 0.1) is 0 Å². The third-order valence-electron chi connectivity index (χ3n) is 18.2. The van der Waals surface area contributed by atoms with Crippen LogP contribution in [0.1, 0.15) is 0 Å². The first-order chi connectivity index (χ1) is 42.6. The summed E-state index contributed by atoms with van der Waals surface area (Å²) in [5, 5.41) is 14.4. The first-order valence-corrected chi connectivity index (χ1v) is 29.6. The zero-order valence-corrected chi connectivity index (χ0v) is 46.7. The van der Waals surface area contributed by atoms with Gasteiger partial charge in [-0.1, -0.05) is 255 Å². The second kappa shape index (κ2) is 19.1. The lowest BCUT2D eigenvalue weighted by Gasteiger charge is -2.23. The van der Waals surface area contributed by atoms with E-state index in [1.807, 2.05) is 0 Å². The molecule has 0 saturated heterocycles. The molecule has 2 heterocycles. The summed E-state index contributed by atoms with van der Waals surface area (Å²) in [6, 6.07) is 111. The predicted octanol–water partition coefficient (Wildman–Crippen LogP) is 23.8. The minimum atomic E-state index is 0.858. The summed E-state index contributed by atoms with van der Waals surface area (Å²) >= 11 is 0. The molecule has 0 spiro atoms. The van der Waals surface area contributed by atoms with Crippen LogP contribution >= 0.6 is 0 Å². The van der Waals surface area contributed by atoms with Crippen molar-refractivity contribution in [3.8, 4) is 123 Å². The van der Waals surface area contributed by atoms with E-state index in [9.17, 15) is 0 Å². The highest BCUT2D eigenvalue weighted by Crippen LogP contribution is 2.53. The van der Waals surface area contributed by atoms with Gasteiger partial charge in [0, 0.05) is 21.9 Å². The summed E-state index contributed by atoms with van der Waals surface area (Å²) in [4.78, 5) is 0. The highest BCUT2D eigenvalue weighted by molar-refractivity contribution is 6.24. The molecule has 398 valence electrons. The largest absolute Gasteiger partial charge is 0.456 e. The molecule has 0 N–H and O–H groups in total. The number of hydrogen-bond donors (Lipinski definition) is 0. The summed E-state index contributed by atoms with van der Waals surface area (Å²) in [5.41, 5.74) is 21.0. The van der Waals surface area contributed by atoms with E-state index >= 15 is 0 Å². The van der Waals surface area contributed by atoms with Crippen LogP contribution in [-0.4, -0.2) is 0 Å². The monoisotopic (exact) mass is 1090 g/mol. The lowest BCUT2D eigenvalue weighted by Crippen LogP contribution is -1.98. The van der Waals surface area contributed by atoms with Gasteiger partial charge in [0.05, 0.1) is 0 Å². The van der Waals surface area contributed by atoms with Crippen molar-refractivity contribution in [2.24, 2.45) is 0 Å². The molecule has 0 bridgehead atoms. The molecule has 16 aromatic rings. The third-order valence-corrected chi connectivity index (χ3v) is 18.2. The molecule has 0 aromatic heterocycles. The van der Waals surface area contributed by atoms with Crippen molar-refractivity contribution in [1.82, 2.24) is 0 Å². The molecule has 2 nitrogen and oxygen atoms in total. The Bertz CT molecular complexity index is 5390. The van der Waals surface area contributed by atoms with Crippen LogP contribution in [0.4, 0.5) is 0 Å². The van der Waals surface area contributed by atoms with E-state index in [1.165, 1.54) is 115 Å². The van der Waals surface area contributed by atoms with Crippen molar-refractivity contribution in [2.75, 3.05) is 0 Å². The zero-order chi connectivity index (χ0) is 56.4. The van der Waals surface area contributed by atoms with E-state index in [0.717, 1.165) is 72.9 Å². The van der Waals surface area contributed by atoms with Crippen LogP contribution < -0.4 is 9.47 Å². The number of fused-ring (bicyclic) bond motifs is 8. The van der Waals surface area contributed by atoms with Crippen LogP contribution in [0.3, 0.4) is 0 Å². The maximum atomic E-state index is 6.88.